The molecule has 1 atom stereocenters. The summed E-state index contributed by atoms with van der Waals surface area (Å²) in [6.45, 7) is 1.23. The SMILES string of the molecule is O=C1C2C=NN=C2c2ncc(-c3ccccc3N3CCOCC3)cc2N1CC(F)(F)F. The number of anilines is 2. The number of rotatable bonds is 3. The van der Waals surface area contributed by atoms with Gasteiger partial charge in [0.15, 0.2) is 0 Å². The van der Waals surface area contributed by atoms with Gasteiger partial charge in [-0.15, -0.1) is 0 Å². The molecule has 0 N–H and O–H groups in total. The summed E-state index contributed by atoms with van der Waals surface area (Å²) in [6, 6.07) is 9.22. The molecule has 5 rings (SSSR count). The van der Waals surface area contributed by atoms with Crippen LogP contribution in [0.25, 0.3) is 11.1 Å². The first-order valence-corrected chi connectivity index (χ1v) is 9.84. The van der Waals surface area contributed by atoms with Crippen LogP contribution in [0.2, 0.25) is 0 Å². The number of alkyl halides is 3. The largest absolute Gasteiger partial charge is 0.406 e. The predicted octanol–water partition coefficient (Wildman–Crippen LogP) is 2.90. The Hall–Kier alpha value is -3.27. The van der Waals surface area contributed by atoms with Crippen LogP contribution >= 0.6 is 0 Å². The quantitative estimate of drug-likeness (QED) is 0.753. The summed E-state index contributed by atoms with van der Waals surface area (Å²) >= 11 is 0. The maximum atomic E-state index is 13.3. The molecule has 1 saturated heterocycles. The van der Waals surface area contributed by atoms with Crippen LogP contribution in [0.15, 0.2) is 46.7 Å². The number of carbonyl (C=O) groups is 1. The van der Waals surface area contributed by atoms with Crippen molar-refractivity contribution in [2.24, 2.45) is 16.1 Å². The highest BCUT2D eigenvalue weighted by molar-refractivity contribution is 6.31. The maximum absolute atomic E-state index is 13.3. The number of hydrogen-bond donors (Lipinski definition) is 0. The molecular weight excluding hydrogens is 411 g/mol. The molecule has 3 aliphatic heterocycles. The standard InChI is InChI=1S/C21H18F3N5O2/c22-21(23,24)12-29-17-9-13(10-25-19(17)18-15(20(29)30)11-26-27-18)14-3-1-2-4-16(14)28-5-7-31-8-6-28/h1-4,9-11,15H,5-8,12H2. The van der Waals surface area contributed by atoms with Crippen molar-refractivity contribution in [3.63, 3.8) is 0 Å². The van der Waals surface area contributed by atoms with Crippen LogP contribution in [0, 0.1) is 5.92 Å². The zero-order valence-corrected chi connectivity index (χ0v) is 16.3. The van der Waals surface area contributed by atoms with Crippen molar-refractivity contribution in [1.29, 1.82) is 0 Å². The van der Waals surface area contributed by atoms with Gasteiger partial charge in [-0.2, -0.15) is 23.4 Å². The van der Waals surface area contributed by atoms with Crippen molar-refractivity contribution in [1.82, 2.24) is 4.98 Å². The molecule has 0 saturated carbocycles. The Balaban J connectivity index is 1.61. The van der Waals surface area contributed by atoms with Crippen LogP contribution in [0.5, 0.6) is 0 Å². The van der Waals surface area contributed by atoms with Gasteiger partial charge >= 0.3 is 6.18 Å². The summed E-state index contributed by atoms with van der Waals surface area (Å²) in [5, 5.41) is 7.69. The number of amides is 1. The van der Waals surface area contributed by atoms with E-state index in [4.69, 9.17) is 4.74 Å². The molecule has 0 spiro atoms. The van der Waals surface area contributed by atoms with Crippen LogP contribution in [0.1, 0.15) is 5.69 Å². The average Bonchev–Trinajstić information content (AvgIpc) is 3.26. The van der Waals surface area contributed by atoms with E-state index in [0.717, 1.165) is 16.2 Å². The number of fused-ring (bicyclic) bond motifs is 3. The van der Waals surface area contributed by atoms with E-state index in [2.05, 4.69) is 20.1 Å². The number of morpholine rings is 1. The second-order valence-electron chi connectivity index (χ2n) is 7.48. The lowest BCUT2D eigenvalue weighted by atomic mass is 9.92. The fourth-order valence-corrected chi connectivity index (χ4v) is 4.10. The minimum Gasteiger partial charge on any atom is -0.378 e. The lowest BCUT2D eigenvalue weighted by molar-refractivity contribution is -0.132. The van der Waals surface area contributed by atoms with Gasteiger partial charge in [0.25, 0.3) is 0 Å². The molecule has 160 valence electrons. The van der Waals surface area contributed by atoms with Crippen LogP contribution in [0.3, 0.4) is 0 Å². The van der Waals surface area contributed by atoms with Crippen molar-refractivity contribution < 1.29 is 22.7 Å². The van der Waals surface area contributed by atoms with Crippen LogP contribution < -0.4 is 9.80 Å². The summed E-state index contributed by atoms with van der Waals surface area (Å²) < 4.78 is 45.3. The second kappa shape index (κ2) is 7.45. The number of para-hydroxylation sites is 1. The molecule has 2 aromatic rings. The van der Waals surface area contributed by atoms with E-state index in [1.807, 2.05) is 24.3 Å². The summed E-state index contributed by atoms with van der Waals surface area (Å²) in [5.41, 5.74) is 3.02. The van der Waals surface area contributed by atoms with E-state index in [9.17, 15) is 18.0 Å². The van der Waals surface area contributed by atoms with E-state index >= 15 is 0 Å². The fraction of sp³-hybridized carbons (Fsp3) is 0.333. The van der Waals surface area contributed by atoms with E-state index in [-0.39, 0.29) is 17.1 Å². The average molecular weight is 429 g/mol. The van der Waals surface area contributed by atoms with E-state index < -0.39 is 24.5 Å². The number of aromatic nitrogens is 1. The van der Waals surface area contributed by atoms with Crippen LogP contribution in [0.4, 0.5) is 24.5 Å². The van der Waals surface area contributed by atoms with Crippen LogP contribution in [-0.4, -0.2) is 61.8 Å². The molecular formula is C21H18F3N5O2. The Labute approximate surface area is 175 Å². The molecule has 7 nitrogen and oxygen atoms in total. The van der Waals surface area contributed by atoms with Gasteiger partial charge in [0.2, 0.25) is 5.91 Å². The summed E-state index contributed by atoms with van der Waals surface area (Å²) in [7, 11) is 0. The first kappa shape index (κ1) is 19.7. The number of hydrogen-bond acceptors (Lipinski definition) is 6. The number of nitrogens with zero attached hydrogens (tertiary/aromatic N) is 5. The lowest BCUT2D eigenvalue weighted by Crippen LogP contribution is -2.48. The van der Waals surface area contributed by atoms with Crippen LogP contribution in [-0.2, 0) is 9.53 Å². The fourth-order valence-electron chi connectivity index (χ4n) is 4.10. The molecule has 4 heterocycles. The van der Waals surface area contributed by atoms with Crippen molar-refractivity contribution >= 4 is 29.2 Å². The third kappa shape index (κ3) is 3.56. The van der Waals surface area contributed by atoms with Crippen molar-refractivity contribution in [2.75, 3.05) is 42.6 Å². The highest BCUT2D eigenvalue weighted by atomic mass is 19.4. The first-order valence-electron chi connectivity index (χ1n) is 9.84. The monoisotopic (exact) mass is 429 g/mol. The van der Waals surface area contributed by atoms with Gasteiger partial charge in [0.05, 0.1) is 18.9 Å². The number of carbonyl (C=O) groups excluding carboxylic acids is 1. The Morgan fingerprint density at radius 1 is 1.13 bits per heavy atom. The third-order valence-corrected chi connectivity index (χ3v) is 5.51. The number of halogens is 3. The Morgan fingerprint density at radius 3 is 2.68 bits per heavy atom. The Bertz CT molecular complexity index is 1090. The van der Waals surface area contributed by atoms with Gasteiger partial charge in [-0.3, -0.25) is 9.78 Å². The summed E-state index contributed by atoms with van der Waals surface area (Å²) in [4.78, 5) is 20.1. The molecule has 0 radical (unpaired) electrons. The molecule has 1 fully saturated rings. The molecule has 1 aromatic carbocycles. The van der Waals surface area contributed by atoms with Gasteiger partial charge in [-0.25, -0.2) is 0 Å². The lowest BCUT2D eigenvalue weighted by Gasteiger charge is -2.33. The number of pyridine rings is 1. The first-order chi connectivity index (χ1) is 14.9. The predicted molar refractivity (Wildman–Crippen MR) is 110 cm³/mol. The summed E-state index contributed by atoms with van der Waals surface area (Å²) in [6.07, 6.45) is -1.69. The highest BCUT2D eigenvalue weighted by Gasteiger charge is 2.44. The molecule has 1 aromatic heterocycles. The topological polar surface area (TPSA) is 70.4 Å². The molecule has 0 bridgehead atoms. The second-order valence-corrected chi connectivity index (χ2v) is 7.48. The van der Waals surface area contributed by atoms with Crippen molar-refractivity contribution in [3.8, 4) is 11.1 Å². The van der Waals surface area contributed by atoms with E-state index in [1.54, 1.807) is 12.3 Å². The minimum atomic E-state index is -4.56. The van der Waals surface area contributed by atoms with E-state index in [0.29, 0.717) is 31.9 Å². The zero-order chi connectivity index (χ0) is 21.6. The Morgan fingerprint density at radius 2 is 1.90 bits per heavy atom. The molecule has 3 aliphatic rings. The highest BCUT2D eigenvalue weighted by Crippen LogP contribution is 2.38. The molecule has 10 heteroatoms. The number of benzene rings is 1. The van der Waals surface area contributed by atoms with Crippen molar-refractivity contribution in [3.05, 3.63) is 42.2 Å². The van der Waals surface area contributed by atoms with Gasteiger partial charge in [-0.05, 0) is 12.1 Å². The molecule has 31 heavy (non-hydrogen) atoms. The number of ether oxygens (including phenoxy) is 1. The minimum absolute atomic E-state index is 0.0945. The van der Waals surface area contributed by atoms with Crippen molar-refractivity contribution in [2.45, 2.75) is 6.18 Å². The third-order valence-electron chi connectivity index (χ3n) is 5.51. The van der Waals surface area contributed by atoms with Gasteiger partial charge in [0, 0.05) is 42.3 Å². The Kier molecular flexibility index (Phi) is 4.73. The van der Waals surface area contributed by atoms with Gasteiger partial charge < -0.3 is 14.5 Å². The normalized spacial score (nSPS) is 20.5. The maximum Gasteiger partial charge on any atom is 0.406 e. The molecule has 0 aliphatic carbocycles. The van der Waals surface area contributed by atoms with Gasteiger partial charge in [-0.1, -0.05) is 18.2 Å². The molecule has 1 unspecified atom stereocenters. The van der Waals surface area contributed by atoms with Gasteiger partial charge in [0.1, 0.15) is 23.9 Å². The smallest absolute Gasteiger partial charge is 0.378 e. The molecule has 1 amide bonds. The zero-order valence-electron chi connectivity index (χ0n) is 16.3. The van der Waals surface area contributed by atoms with E-state index in [1.165, 1.54) is 6.21 Å². The summed E-state index contributed by atoms with van der Waals surface area (Å²) in [5.74, 6) is -1.64.